The van der Waals surface area contributed by atoms with E-state index in [4.69, 9.17) is 14.6 Å². The van der Waals surface area contributed by atoms with Crippen LogP contribution in [0.1, 0.15) is 6.42 Å². The van der Waals surface area contributed by atoms with Crippen molar-refractivity contribution in [2.24, 2.45) is 0 Å². The first-order valence-corrected chi connectivity index (χ1v) is 3.76. The molecular weight excluding hydrogens is 148 g/mol. The van der Waals surface area contributed by atoms with Gasteiger partial charge in [-0.15, -0.1) is 0 Å². The molecule has 0 aromatic heterocycles. The molecule has 0 aromatic rings. The predicted molar refractivity (Wildman–Crippen MR) is 38.9 cm³/mol. The summed E-state index contributed by atoms with van der Waals surface area (Å²) < 4.78 is 9.92. The van der Waals surface area contributed by atoms with Gasteiger partial charge in [-0.3, -0.25) is 0 Å². The van der Waals surface area contributed by atoms with Gasteiger partial charge < -0.3 is 14.6 Å². The maximum atomic E-state index is 9.92. The number of ether oxygens (including phenoxy) is 2. The molecule has 0 unspecified atom stereocenters. The van der Waals surface area contributed by atoms with E-state index in [-0.39, 0.29) is 13.2 Å². The summed E-state index contributed by atoms with van der Waals surface area (Å²) in [6.07, 6.45) is 0.556. The lowest BCUT2D eigenvalue weighted by molar-refractivity contribution is 0.0267. The number of aliphatic hydroxyl groups excluding tert-OH is 1. The van der Waals surface area contributed by atoms with Crippen LogP contribution in [0.5, 0.6) is 0 Å². The third-order valence-electron chi connectivity index (χ3n) is 1.04. The lowest BCUT2D eigenvalue weighted by atomic mass is 10.5. The van der Waals surface area contributed by atoms with Crippen molar-refractivity contribution < 1.29 is 19.7 Å². The van der Waals surface area contributed by atoms with Gasteiger partial charge in [0.2, 0.25) is 0 Å². The molecule has 1 radical (unpaired) electrons. The number of hydrogen-bond donors (Lipinski definition) is 1. The standard InChI is InChI=1S/C7H15O4/c8-2-1-4-10-6-7-11-5-3-9/h9H,1-7H2. The molecular formula is C7H15O4. The van der Waals surface area contributed by atoms with Crippen molar-refractivity contribution in [3.05, 3.63) is 0 Å². The Morgan fingerprint density at radius 1 is 1.00 bits per heavy atom. The number of rotatable bonds is 8. The van der Waals surface area contributed by atoms with E-state index in [0.29, 0.717) is 32.8 Å². The van der Waals surface area contributed by atoms with E-state index in [1.807, 2.05) is 0 Å². The van der Waals surface area contributed by atoms with Crippen LogP contribution in [-0.4, -0.2) is 44.7 Å². The SMILES string of the molecule is [O]CCCOCCOCCO. The maximum Gasteiger partial charge on any atom is 0.0844 e. The Labute approximate surface area is 66.7 Å². The zero-order valence-electron chi connectivity index (χ0n) is 6.62. The smallest absolute Gasteiger partial charge is 0.0844 e. The second kappa shape index (κ2) is 9.84. The zero-order valence-corrected chi connectivity index (χ0v) is 6.62. The monoisotopic (exact) mass is 163 g/mol. The van der Waals surface area contributed by atoms with Gasteiger partial charge in [-0.1, -0.05) is 0 Å². The fourth-order valence-electron chi connectivity index (χ4n) is 0.548. The van der Waals surface area contributed by atoms with E-state index in [1.165, 1.54) is 0 Å². The second-order valence-electron chi connectivity index (χ2n) is 2.01. The molecule has 1 N–H and O–H groups in total. The van der Waals surface area contributed by atoms with Crippen molar-refractivity contribution in [3.63, 3.8) is 0 Å². The molecule has 0 rings (SSSR count). The van der Waals surface area contributed by atoms with Crippen LogP contribution in [0.25, 0.3) is 0 Å². The molecule has 0 aliphatic rings. The summed E-state index contributed by atoms with van der Waals surface area (Å²) >= 11 is 0. The summed E-state index contributed by atoms with van der Waals surface area (Å²) in [6.45, 7) is 1.80. The highest BCUT2D eigenvalue weighted by atomic mass is 16.5. The number of hydrogen-bond acceptors (Lipinski definition) is 3. The molecule has 0 saturated heterocycles. The van der Waals surface area contributed by atoms with Gasteiger partial charge in [-0.05, 0) is 6.42 Å². The van der Waals surface area contributed by atoms with Crippen LogP contribution in [0.15, 0.2) is 0 Å². The fourth-order valence-corrected chi connectivity index (χ4v) is 0.548. The summed E-state index contributed by atoms with van der Waals surface area (Å²) in [6, 6.07) is 0. The Morgan fingerprint density at radius 3 is 2.18 bits per heavy atom. The van der Waals surface area contributed by atoms with Gasteiger partial charge in [0.05, 0.1) is 33.0 Å². The predicted octanol–water partition coefficient (Wildman–Crippen LogP) is -0.167. The van der Waals surface area contributed by atoms with Gasteiger partial charge in [-0.25, -0.2) is 5.11 Å². The summed E-state index contributed by atoms with van der Waals surface area (Å²) in [4.78, 5) is 0. The van der Waals surface area contributed by atoms with Gasteiger partial charge in [-0.2, -0.15) is 0 Å². The molecule has 0 spiro atoms. The maximum absolute atomic E-state index is 9.92. The normalized spacial score (nSPS) is 10.4. The summed E-state index contributed by atoms with van der Waals surface area (Å²) in [5.41, 5.74) is 0. The van der Waals surface area contributed by atoms with Crippen LogP contribution in [0.4, 0.5) is 0 Å². The van der Waals surface area contributed by atoms with Crippen LogP contribution in [0.3, 0.4) is 0 Å². The molecule has 11 heavy (non-hydrogen) atoms. The molecule has 0 aliphatic heterocycles. The van der Waals surface area contributed by atoms with Crippen molar-refractivity contribution >= 4 is 0 Å². The van der Waals surface area contributed by atoms with Gasteiger partial charge in [0, 0.05) is 6.61 Å². The lowest BCUT2D eigenvalue weighted by Gasteiger charge is -2.02. The van der Waals surface area contributed by atoms with Crippen LogP contribution in [0.2, 0.25) is 0 Å². The molecule has 0 saturated carbocycles. The van der Waals surface area contributed by atoms with Crippen molar-refractivity contribution in [1.82, 2.24) is 0 Å². The fraction of sp³-hybridized carbons (Fsp3) is 1.00. The summed E-state index contributed by atoms with van der Waals surface area (Å²) in [7, 11) is 0. The first-order valence-electron chi connectivity index (χ1n) is 3.76. The average Bonchev–Trinajstić information content (AvgIpc) is 2.03. The van der Waals surface area contributed by atoms with E-state index >= 15 is 0 Å². The van der Waals surface area contributed by atoms with Crippen molar-refractivity contribution in [2.45, 2.75) is 6.42 Å². The first kappa shape index (κ1) is 10.8. The minimum Gasteiger partial charge on any atom is -0.394 e. The third-order valence-corrected chi connectivity index (χ3v) is 1.04. The summed E-state index contributed by atoms with van der Waals surface area (Å²) in [5.74, 6) is 0. The first-order chi connectivity index (χ1) is 5.41. The Balaban J connectivity index is 2.69. The topological polar surface area (TPSA) is 58.6 Å². The average molecular weight is 163 g/mol. The van der Waals surface area contributed by atoms with Gasteiger partial charge in [0.1, 0.15) is 0 Å². The molecule has 0 heterocycles. The van der Waals surface area contributed by atoms with E-state index in [1.54, 1.807) is 0 Å². The molecule has 4 nitrogen and oxygen atoms in total. The van der Waals surface area contributed by atoms with Gasteiger partial charge >= 0.3 is 0 Å². The zero-order chi connectivity index (χ0) is 8.36. The van der Waals surface area contributed by atoms with Crippen molar-refractivity contribution in [1.29, 1.82) is 0 Å². The van der Waals surface area contributed by atoms with Crippen molar-refractivity contribution in [2.75, 3.05) is 39.6 Å². The van der Waals surface area contributed by atoms with Crippen LogP contribution in [0, 0.1) is 0 Å². The summed E-state index contributed by atoms with van der Waals surface area (Å²) in [5, 5.41) is 18.2. The highest BCUT2D eigenvalue weighted by Gasteiger charge is 1.88. The molecule has 0 aliphatic carbocycles. The van der Waals surface area contributed by atoms with Gasteiger partial charge in [0.15, 0.2) is 0 Å². The molecule has 0 bridgehead atoms. The number of aliphatic hydroxyl groups is 1. The minimum atomic E-state index is -0.0858. The highest BCUT2D eigenvalue weighted by molar-refractivity contribution is 4.33. The Kier molecular flexibility index (Phi) is 9.70. The van der Waals surface area contributed by atoms with E-state index < -0.39 is 0 Å². The lowest BCUT2D eigenvalue weighted by Crippen LogP contribution is -2.08. The molecule has 4 heteroatoms. The quantitative estimate of drug-likeness (QED) is 0.505. The largest absolute Gasteiger partial charge is 0.394 e. The van der Waals surface area contributed by atoms with E-state index in [0.717, 1.165) is 0 Å². The molecule has 0 fully saturated rings. The molecule has 0 atom stereocenters. The van der Waals surface area contributed by atoms with Crippen molar-refractivity contribution in [3.8, 4) is 0 Å². The van der Waals surface area contributed by atoms with Gasteiger partial charge in [0.25, 0.3) is 0 Å². The Bertz CT molecular complexity index is 59.5. The van der Waals surface area contributed by atoms with Crippen LogP contribution < -0.4 is 0 Å². The molecule has 67 valence electrons. The second-order valence-corrected chi connectivity index (χ2v) is 2.01. The van der Waals surface area contributed by atoms with E-state index in [9.17, 15) is 5.11 Å². The molecule has 0 aromatic carbocycles. The van der Waals surface area contributed by atoms with Crippen LogP contribution in [-0.2, 0) is 14.6 Å². The Morgan fingerprint density at radius 2 is 1.64 bits per heavy atom. The van der Waals surface area contributed by atoms with E-state index in [2.05, 4.69) is 0 Å². The van der Waals surface area contributed by atoms with Crippen LogP contribution >= 0.6 is 0 Å². The Hall–Kier alpha value is -0.160. The molecule has 0 amide bonds. The highest BCUT2D eigenvalue weighted by Crippen LogP contribution is 1.81. The minimum absolute atomic E-state index is 0.0422. The third kappa shape index (κ3) is 9.84.